The van der Waals surface area contributed by atoms with E-state index in [0.29, 0.717) is 17.9 Å². The quantitative estimate of drug-likeness (QED) is 0.612. The molecule has 6 nitrogen and oxygen atoms in total. The minimum absolute atomic E-state index is 0.118. The number of hydrogen-bond donors (Lipinski definition) is 0. The van der Waals surface area contributed by atoms with E-state index in [2.05, 4.69) is 0 Å². The number of hydroxylamine groups is 2. The van der Waals surface area contributed by atoms with Crippen LogP contribution in [0.25, 0.3) is 0 Å². The van der Waals surface area contributed by atoms with Gasteiger partial charge in [-0.3, -0.25) is 9.59 Å². The first kappa shape index (κ1) is 16.5. The lowest BCUT2D eigenvalue weighted by Crippen LogP contribution is -2.53. The van der Waals surface area contributed by atoms with E-state index in [9.17, 15) is 14.4 Å². The highest BCUT2D eigenvalue weighted by Crippen LogP contribution is 2.39. The summed E-state index contributed by atoms with van der Waals surface area (Å²) in [5.41, 5.74) is 0.146. The largest absolute Gasteiger partial charge is 0.459 e. The number of benzene rings is 2. The number of esters is 1. The fourth-order valence-corrected chi connectivity index (χ4v) is 3.11. The fourth-order valence-electron chi connectivity index (χ4n) is 3.11. The summed E-state index contributed by atoms with van der Waals surface area (Å²) in [4.78, 5) is 43.2. The Morgan fingerprint density at radius 2 is 1.50 bits per heavy atom. The molecule has 0 N–H and O–H groups in total. The molecule has 1 saturated carbocycles. The van der Waals surface area contributed by atoms with Gasteiger partial charge < -0.3 is 4.74 Å². The van der Waals surface area contributed by atoms with E-state index in [-0.39, 0.29) is 17.7 Å². The summed E-state index contributed by atoms with van der Waals surface area (Å²) in [6.45, 7) is 0.118. The van der Waals surface area contributed by atoms with Gasteiger partial charge in [-0.2, -0.15) is 0 Å². The first-order valence-corrected chi connectivity index (χ1v) is 8.49. The van der Waals surface area contributed by atoms with Gasteiger partial charge in [-0.05, 0) is 37.0 Å². The first-order chi connectivity index (χ1) is 12.6. The molecular formula is C20H17NO5. The van der Waals surface area contributed by atoms with Crippen molar-refractivity contribution >= 4 is 17.8 Å². The maximum atomic E-state index is 12.6. The van der Waals surface area contributed by atoms with Crippen molar-refractivity contribution in [1.82, 2.24) is 5.06 Å². The molecule has 1 aliphatic heterocycles. The molecule has 0 aromatic heterocycles. The van der Waals surface area contributed by atoms with Crippen LogP contribution in [0.5, 0.6) is 0 Å². The number of nitrogens with zero attached hydrogens (tertiary/aromatic N) is 1. The Labute approximate surface area is 150 Å². The van der Waals surface area contributed by atoms with Crippen LogP contribution in [0, 0.1) is 0 Å². The monoisotopic (exact) mass is 351 g/mol. The molecule has 0 saturated heterocycles. The molecule has 2 aromatic rings. The van der Waals surface area contributed by atoms with E-state index in [1.807, 2.05) is 30.3 Å². The zero-order valence-electron chi connectivity index (χ0n) is 14.0. The molecule has 0 bridgehead atoms. The van der Waals surface area contributed by atoms with Crippen LogP contribution < -0.4 is 0 Å². The van der Waals surface area contributed by atoms with Gasteiger partial charge in [0.2, 0.25) is 0 Å². The molecule has 0 radical (unpaired) electrons. The van der Waals surface area contributed by atoms with Gasteiger partial charge in [0.05, 0.1) is 11.1 Å². The third-order valence-corrected chi connectivity index (χ3v) is 4.77. The second kappa shape index (κ2) is 6.38. The lowest BCUT2D eigenvalue weighted by atomic mass is 9.80. The standard InChI is InChI=1S/C20H17NO5/c22-17-15-9-4-5-10-16(15)18(23)21(17)26-20(11-6-12-20)19(24)25-13-14-7-2-1-3-8-14/h1-5,7-10H,6,11-13H2. The zero-order valence-corrected chi connectivity index (χ0v) is 14.0. The Bertz CT molecular complexity index is 838. The summed E-state index contributed by atoms with van der Waals surface area (Å²) in [5.74, 6) is -1.65. The average Bonchev–Trinajstić information content (AvgIpc) is 2.88. The molecule has 0 spiro atoms. The Hall–Kier alpha value is -2.99. The maximum absolute atomic E-state index is 12.6. The number of fused-ring (bicyclic) bond motifs is 1. The van der Waals surface area contributed by atoms with E-state index in [0.717, 1.165) is 12.0 Å². The van der Waals surface area contributed by atoms with E-state index >= 15 is 0 Å². The highest BCUT2D eigenvalue weighted by Gasteiger charge is 2.52. The van der Waals surface area contributed by atoms with Gasteiger partial charge in [0.25, 0.3) is 11.8 Å². The van der Waals surface area contributed by atoms with E-state index < -0.39 is 23.4 Å². The molecular weight excluding hydrogens is 334 g/mol. The van der Waals surface area contributed by atoms with Crippen LogP contribution in [-0.4, -0.2) is 28.4 Å². The van der Waals surface area contributed by atoms with Crippen molar-refractivity contribution in [3.8, 4) is 0 Å². The van der Waals surface area contributed by atoms with Crippen LogP contribution in [0.4, 0.5) is 0 Å². The fraction of sp³-hybridized carbons (Fsp3) is 0.250. The number of carbonyl (C=O) groups excluding carboxylic acids is 3. The highest BCUT2D eigenvalue weighted by atomic mass is 16.7. The molecule has 0 unspecified atom stereocenters. The lowest BCUT2D eigenvalue weighted by Gasteiger charge is -2.39. The van der Waals surface area contributed by atoms with Gasteiger partial charge in [0.15, 0.2) is 5.60 Å². The number of ether oxygens (including phenoxy) is 1. The smallest absolute Gasteiger partial charge is 0.341 e. The summed E-state index contributed by atoms with van der Waals surface area (Å²) >= 11 is 0. The summed E-state index contributed by atoms with van der Waals surface area (Å²) in [7, 11) is 0. The van der Waals surface area contributed by atoms with Crippen molar-refractivity contribution in [1.29, 1.82) is 0 Å². The zero-order chi connectivity index (χ0) is 18.1. The molecule has 1 fully saturated rings. The summed E-state index contributed by atoms with van der Waals surface area (Å²) in [6.07, 6.45) is 1.59. The topological polar surface area (TPSA) is 72.9 Å². The normalized spacial score (nSPS) is 17.6. The van der Waals surface area contributed by atoms with Crippen molar-refractivity contribution in [2.45, 2.75) is 31.5 Å². The number of rotatable bonds is 5. The van der Waals surface area contributed by atoms with Gasteiger partial charge >= 0.3 is 5.97 Å². The molecule has 26 heavy (non-hydrogen) atoms. The highest BCUT2D eigenvalue weighted by molar-refractivity contribution is 6.20. The van der Waals surface area contributed by atoms with Crippen LogP contribution in [-0.2, 0) is 21.0 Å². The molecule has 2 aromatic carbocycles. The van der Waals surface area contributed by atoms with E-state index in [1.165, 1.54) is 0 Å². The first-order valence-electron chi connectivity index (χ1n) is 8.49. The van der Waals surface area contributed by atoms with E-state index in [1.54, 1.807) is 24.3 Å². The van der Waals surface area contributed by atoms with Crippen molar-refractivity contribution in [3.63, 3.8) is 0 Å². The number of carbonyl (C=O) groups is 3. The van der Waals surface area contributed by atoms with Crippen molar-refractivity contribution in [3.05, 3.63) is 71.3 Å². The van der Waals surface area contributed by atoms with Crippen LogP contribution in [0.2, 0.25) is 0 Å². The van der Waals surface area contributed by atoms with Gasteiger partial charge in [-0.15, -0.1) is 5.06 Å². The average molecular weight is 351 g/mol. The Kier molecular flexibility index (Phi) is 4.05. The third-order valence-electron chi connectivity index (χ3n) is 4.77. The minimum atomic E-state index is -1.28. The molecule has 2 aliphatic rings. The Morgan fingerprint density at radius 1 is 0.923 bits per heavy atom. The van der Waals surface area contributed by atoms with Crippen LogP contribution in [0.1, 0.15) is 45.5 Å². The minimum Gasteiger partial charge on any atom is -0.459 e. The summed E-state index contributed by atoms with van der Waals surface area (Å²) in [6, 6.07) is 15.8. The predicted molar refractivity (Wildman–Crippen MR) is 90.8 cm³/mol. The molecule has 1 aliphatic carbocycles. The van der Waals surface area contributed by atoms with Gasteiger partial charge in [-0.25, -0.2) is 9.63 Å². The van der Waals surface area contributed by atoms with E-state index in [4.69, 9.17) is 9.57 Å². The SMILES string of the molecule is O=C1c2ccccc2C(=O)N1OC1(C(=O)OCc2ccccc2)CCC1. The lowest BCUT2D eigenvalue weighted by molar-refractivity contribution is -0.234. The van der Waals surface area contributed by atoms with Crippen LogP contribution >= 0.6 is 0 Å². The Balaban J connectivity index is 1.48. The predicted octanol–water partition coefficient (Wildman–Crippen LogP) is 2.88. The van der Waals surface area contributed by atoms with Crippen LogP contribution in [0.3, 0.4) is 0 Å². The molecule has 6 heteroatoms. The van der Waals surface area contributed by atoms with Gasteiger partial charge in [-0.1, -0.05) is 42.5 Å². The molecule has 0 atom stereocenters. The molecule has 1 heterocycles. The number of amides is 2. The Morgan fingerprint density at radius 3 is 2.04 bits per heavy atom. The third kappa shape index (κ3) is 2.68. The number of hydrogen-bond acceptors (Lipinski definition) is 5. The summed E-state index contributed by atoms with van der Waals surface area (Å²) in [5, 5.41) is 0.702. The molecule has 2 amide bonds. The number of imide groups is 1. The molecule has 132 valence electrons. The van der Waals surface area contributed by atoms with Crippen molar-refractivity contribution < 1.29 is 24.0 Å². The van der Waals surface area contributed by atoms with Crippen LogP contribution in [0.15, 0.2) is 54.6 Å². The second-order valence-electron chi connectivity index (χ2n) is 6.45. The second-order valence-corrected chi connectivity index (χ2v) is 6.45. The van der Waals surface area contributed by atoms with Gasteiger partial charge in [0, 0.05) is 0 Å². The van der Waals surface area contributed by atoms with Crippen molar-refractivity contribution in [2.24, 2.45) is 0 Å². The summed E-state index contributed by atoms with van der Waals surface area (Å²) < 4.78 is 5.38. The maximum Gasteiger partial charge on any atom is 0.341 e. The van der Waals surface area contributed by atoms with Crippen molar-refractivity contribution in [2.75, 3.05) is 0 Å². The molecule has 4 rings (SSSR count). The van der Waals surface area contributed by atoms with Gasteiger partial charge in [0.1, 0.15) is 6.61 Å².